The molecule has 100 valence electrons. The fraction of sp³-hybridized carbons (Fsp3) is 0.900. The maximum absolute atomic E-state index is 11.8. The predicted molar refractivity (Wildman–Crippen MR) is 66.0 cm³/mol. The highest BCUT2D eigenvalue weighted by molar-refractivity contribution is 7.88. The molecular weight excluding hydrogens is 242 g/mol. The Morgan fingerprint density at radius 1 is 1.41 bits per heavy atom. The lowest BCUT2D eigenvalue weighted by Gasteiger charge is -2.27. The summed E-state index contributed by atoms with van der Waals surface area (Å²) in [6, 6.07) is 0.369. The van der Waals surface area contributed by atoms with Gasteiger partial charge in [-0.1, -0.05) is 0 Å². The van der Waals surface area contributed by atoms with E-state index in [1.807, 2.05) is 0 Å². The van der Waals surface area contributed by atoms with Crippen molar-refractivity contribution in [1.82, 2.24) is 15.4 Å². The Morgan fingerprint density at radius 2 is 2.12 bits per heavy atom. The zero-order chi connectivity index (χ0) is 12.9. The van der Waals surface area contributed by atoms with E-state index in [4.69, 9.17) is 0 Å². The summed E-state index contributed by atoms with van der Waals surface area (Å²) in [5, 5.41) is 6.03. The van der Waals surface area contributed by atoms with Gasteiger partial charge in [-0.2, -0.15) is 0 Å². The van der Waals surface area contributed by atoms with Crippen molar-refractivity contribution in [3.8, 4) is 0 Å². The van der Waals surface area contributed by atoms with Crippen molar-refractivity contribution in [2.24, 2.45) is 5.92 Å². The molecule has 1 amide bonds. The molecule has 6 nitrogen and oxygen atoms in total. The minimum absolute atomic E-state index is 0.0219. The van der Waals surface area contributed by atoms with E-state index in [0.717, 1.165) is 25.6 Å². The van der Waals surface area contributed by atoms with Crippen LogP contribution in [0.1, 0.15) is 19.8 Å². The summed E-state index contributed by atoms with van der Waals surface area (Å²) in [5.41, 5.74) is 0. The molecule has 0 bridgehead atoms. The number of carbonyl (C=O) groups excluding carboxylic acids is 1. The SMILES string of the molecule is CC1CC(C(=O)NCCNS(C)(=O)=O)CCN1. The van der Waals surface area contributed by atoms with Crippen molar-refractivity contribution >= 4 is 15.9 Å². The number of amides is 1. The third kappa shape index (κ3) is 5.99. The van der Waals surface area contributed by atoms with Crippen LogP contribution in [0.3, 0.4) is 0 Å². The van der Waals surface area contributed by atoms with Gasteiger partial charge in [0, 0.05) is 25.0 Å². The van der Waals surface area contributed by atoms with Crippen LogP contribution >= 0.6 is 0 Å². The molecule has 1 aliphatic rings. The van der Waals surface area contributed by atoms with Gasteiger partial charge in [0.1, 0.15) is 0 Å². The number of nitrogens with one attached hydrogen (secondary N) is 3. The third-order valence-electron chi connectivity index (χ3n) is 2.78. The molecule has 0 spiro atoms. The van der Waals surface area contributed by atoms with E-state index < -0.39 is 10.0 Å². The second-order valence-corrected chi connectivity index (χ2v) is 6.37. The Bertz CT molecular complexity index is 356. The molecule has 1 fully saturated rings. The number of hydrogen-bond acceptors (Lipinski definition) is 4. The molecule has 1 heterocycles. The highest BCUT2D eigenvalue weighted by Crippen LogP contribution is 2.15. The lowest BCUT2D eigenvalue weighted by molar-refractivity contribution is -0.126. The second kappa shape index (κ2) is 6.32. The van der Waals surface area contributed by atoms with Crippen LogP contribution in [0, 0.1) is 5.92 Å². The van der Waals surface area contributed by atoms with E-state index in [9.17, 15) is 13.2 Å². The molecule has 3 N–H and O–H groups in total. The zero-order valence-corrected chi connectivity index (χ0v) is 11.1. The standard InChI is InChI=1S/C10H21N3O3S/c1-8-7-9(3-4-11-8)10(14)12-5-6-13-17(2,15)16/h8-9,11,13H,3-7H2,1-2H3,(H,12,14). The Hall–Kier alpha value is -0.660. The first-order valence-corrected chi connectivity index (χ1v) is 7.73. The van der Waals surface area contributed by atoms with Gasteiger partial charge < -0.3 is 10.6 Å². The monoisotopic (exact) mass is 263 g/mol. The van der Waals surface area contributed by atoms with E-state index in [2.05, 4.69) is 22.3 Å². The van der Waals surface area contributed by atoms with Crippen LogP contribution in [0.5, 0.6) is 0 Å². The fourth-order valence-corrected chi connectivity index (χ4v) is 2.41. The van der Waals surface area contributed by atoms with Crippen LogP contribution in [0.2, 0.25) is 0 Å². The zero-order valence-electron chi connectivity index (χ0n) is 10.3. The van der Waals surface area contributed by atoms with Crippen molar-refractivity contribution in [2.45, 2.75) is 25.8 Å². The smallest absolute Gasteiger partial charge is 0.223 e. The minimum Gasteiger partial charge on any atom is -0.355 e. The van der Waals surface area contributed by atoms with Crippen molar-refractivity contribution in [3.05, 3.63) is 0 Å². The molecular formula is C10H21N3O3S. The Labute approximate surface area is 103 Å². The molecule has 7 heteroatoms. The summed E-state index contributed by atoms with van der Waals surface area (Å²) < 4.78 is 23.9. The lowest BCUT2D eigenvalue weighted by Crippen LogP contribution is -2.44. The molecule has 1 rings (SSSR count). The maximum atomic E-state index is 11.8. The Balaban J connectivity index is 2.20. The Kier molecular flexibility index (Phi) is 5.35. The minimum atomic E-state index is -3.17. The first-order valence-electron chi connectivity index (χ1n) is 5.84. The van der Waals surface area contributed by atoms with Gasteiger partial charge in [-0.3, -0.25) is 4.79 Å². The summed E-state index contributed by atoms with van der Waals surface area (Å²) in [5.74, 6) is 0.0677. The average molecular weight is 263 g/mol. The summed E-state index contributed by atoms with van der Waals surface area (Å²) in [6.45, 7) is 3.50. The summed E-state index contributed by atoms with van der Waals surface area (Å²) >= 11 is 0. The van der Waals surface area contributed by atoms with Crippen molar-refractivity contribution in [2.75, 3.05) is 25.9 Å². The summed E-state index contributed by atoms with van der Waals surface area (Å²) in [7, 11) is -3.17. The van der Waals surface area contributed by atoms with Gasteiger partial charge >= 0.3 is 0 Å². The van der Waals surface area contributed by atoms with E-state index in [0.29, 0.717) is 12.6 Å². The molecule has 2 unspecified atom stereocenters. The van der Waals surface area contributed by atoms with Crippen LogP contribution in [-0.4, -0.2) is 46.3 Å². The topological polar surface area (TPSA) is 87.3 Å². The number of piperidine rings is 1. The first-order chi connectivity index (χ1) is 7.88. The van der Waals surface area contributed by atoms with E-state index in [-0.39, 0.29) is 18.4 Å². The molecule has 0 aromatic heterocycles. The molecule has 0 saturated carbocycles. The van der Waals surface area contributed by atoms with Crippen LogP contribution in [0.4, 0.5) is 0 Å². The quantitative estimate of drug-likeness (QED) is 0.558. The van der Waals surface area contributed by atoms with Crippen molar-refractivity contribution < 1.29 is 13.2 Å². The fourth-order valence-electron chi connectivity index (χ4n) is 1.94. The molecule has 17 heavy (non-hydrogen) atoms. The molecule has 0 radical (unpaired) electrons. The van der Waals surface area contributed by atoms with Gasteiger partial charge in [-0.05, 0) is 26.3 Å². The normalized spacial score (nSPS) is 25.5. The first kappa shape index (κ1) is 14.4. The molecule has 2 atom stereocenters. The Morgan fingerprint density at radius 3 is 2.71 bits per heavy atom. The van der Waals surface area contributed by atoms with Gasteiger partial charge in [0.2, 0.25) is 15.9 Å². The van der Waals surface area contributed by atoms with Crippen molar-refractivity contribution in [1.29, 1.82) is 0 Å². The van der Waals surface area contributed by atoms with Gasteiger partial charge in [0.15, 0.2) is 0 Å². The van der Waals surface area contributed by atoms with Crippen LogP contribution in [0.15, 0.2) is 0 Å². The average Bonchev–Trinajstić information content (AvgIpc) is 2.23. The maximum Gasteiger partial charge on any atom is 0.223 e. The van der Waals surface area contributed by atoms with Gasteiger partial charge in [0.05, 0.1) is 6.26 Å². The van der Waals surface area contributed by atoms with Crippen LogP contribution in [0.25, 0.3) is 0 Å². The van der Waals surface area contributed by atoms with Crippen molar-refractivity contribution in [3.63, 3.8) is 0 Å². The number of carbonyl (C=O) groups is 1. The molecule has 0 aromatic carbocycles. The highest BCUT2D eigenvalue weighted by Gasteiger charge is 2.24. The molecule has 1 aliphatic heterocycles. The molecule has 0 aromatic rings. The third-order valence-corrected chi connectivity index (χ3v) is 3.51. The molecule has 0 aliphatic carbocycles. The van der Waals surface area contributed by atoms with E-state index >= 15 is 0 Å². The lowest BCUT2D eigenvalue weighted by atomic mass is 9.92. The van der Waals surface area contributed by atoms with Gasteiger partial charge in [0.25, 0.3) is 0 Å². The number of rotatable bonds is 5. The highest BCUT2D eigenvalue weighted by atomic mass is 32.2. The van der Waals surface area contributed by atoms with Crippen LogP contribution < -0.4 is 15.4 Å². The van der Waals surface area contributed by atoms with E-state index in [1.54, 1.807) is 0 Å². The van der Waals surface area contributed by atoms with E-state index in [1.165, 1.54) is 0 Å². The molecule has 1 saturated heterocycles. The number of hydrogen-bond donors (Lipinski definition) is 3. The van der Waals surface area contributed by atoms with Crippen LogP contribution in [-0.2, 0) is 14.8 Å². The predicted octanol–water partition coefficient (Wildman–Crippen LogP) is -0.960. The van der Waals surface area contributed by atoms with Gasteiger partial charge in [-0.15, -0.1) is 0 Å². The summed E-state index contributed by atoms with van der Waals surface area (Å²) in [6.07, 6.45) is 2.78. The number of sulfonamides is 1. The van der Waals surface area contributed by atoms with Gasteiger partial charge in [-0.25, -0.2) is 13.1 Å². The largest absolute Gasteiger partial charge is 0.355 e. The summed E-state index contributed by atoms with van der Waals surface area (Å²) in [4.78, 5) is 11.8. The second-order valence-electron chi connectivity index (χ2n) is 4.53.